The first kappa shape index (κ1) is 22.6. The maximum Gasteiger partial charge on any atom is 0.323 e. The molecule has 0 radical (unpaired) electrons. The second kappa shape index (κ2) is 8.05. The zero-order chi connectivity index (χ0) is 22.4. The normalized spacial score (nSPS) is 38.9. The highest BCUT2D eigenvalue weighted by atomic mass is 17.3. The highest BCUT2D eigenvalue weighted by Crippen LogP contribution is 2.60. The summed E-state index contributed by atoms with van der Waals surface area (Å²) in [6.07, 6.45) is 4.64. The Hall–Kier alpha value is -1.64. The molecule has 174 valence electrons. The summed E-state index contributed by atoms with van der Waals surface area (Å²) in [5, 5.41) is 0. The van der Waals surface area contributed by atoms with Crippen molar-refractivity contribution in [1.29, 1.82) is 0 Å². The SMILES string of the molecule is CCOC(=O)C(C)(CC1=CO[C@@H]2O[C@@]3(C)CC[C@H]4[C@H](C)CC[C@@H]1[C@@]24OO3)C(=O)OCC. The molecule has 4 heterocycles. The second-order valence-electron chi connectivity index (χ2n) is 9.63. The summed E-state index contributed by atoms with van der Waals surface area (Å²) in [6.45, 7) is 9.49. The van der Waals surface area contributed by atoms with Crippen LogP contribution in [0.25, 0.3) is 0 Å². The quantitative estimate of drug-likeness (QED) is 0.353. The Morgan fingerprint density at radius 2 is 1.81 bits per heavy atom. The van der Waals surface area contributed by atoms with E-state index in [0.717, 1.165) is 31.3 Å². The van der Waals surface area contributed by atoms with Gasteiger partial charge in [-0.1, -0.05) is 6.92 Å². The minimum Gasteiger partial charge on any atom is -0.469 e. The van der Waals surface area contributed by atoms with Crippen molar-refractivity contribution in [2.45, 2.75) is 84.4 Å². The summed E-state index contributed by atoms with van der Waals surface area (Å²) in [7, 11) is 0. The number of hydrogen-bond donors (Lipinski definition) is 0. The van der Waals surface area contributed by atoms with Crippen molar-refractivity contribution in [1.82, 2.24) is 0 Å². The fourth-order valence-corrected chi connectivity index (χ4v) is 5.81. The molecule has 5 aliphatic rings. The van der Waals surface area contributed by atoms with Crippen LogP contribution >= 0.6 is 0 Å². The predicted octanol–water partition coefficient (Wildman–Crippen LogP) is 3.64. The van der Waals surface area contributed by atoms with Crippen LogP contribution in [-0.4, -0.2) is 42.8 Å². The average molecular weight is 439 g/mol. The van der Waals surface area contributed by atoms with Crippen LogP contribution in [0.2, 0.25) is 0 Å². The Labute approximate surface area is 183 Å². The largest absolute Gasteiger partial charge is 0.469 e. The standard InChI is InChI=1S/C23H34O8/c1-6-26-18(24)21(4,19(25)27-7-2)12-15-13-28-20-23-16(14(3)8-9-17(15)23)10-11-22(5,29-20)30-31-23/h13-14,16-17,20H,6-12H2,1-5H3/t14-,16+,17+,20-,22-,23-/m1/s1. The van der Waals surface area contributed by atoms with Gasteiger partial charge in [0.05, 0.1) is 19.5 Å². The molecule has 8 nitrogen and oxygen atoms in total. The van der Waals surface area contributed by atoms with Gasteiger partial charge in [0.15, 0.2) is 11.0 Å². The molecule has 0 N–H and O–H groups in total. The average Bonchev–Trinajstić information content (AvgIpc) is 2.97. The molecule has 0 aromatic heterocycles. The van der Waals surface area contributed by atoms with Crippen LogP contribution in [-0.2, 0) is 38.3 Å². The number of ether oxygens (including phenoxy) is 4. The molecule has 3 saturated heterocycles. The zero-order valence-electron chi connectivity index (χ0n) is 19.1. The van der Waals surface area contributed by atoms with Gasteiger partial charge in [0.2, 0.25) is 12.1 Å². The van der Waals surface area contributed by atoms with Crippen LogP contribution in [0.3, 0.4) is 0 Å². The molecule has 6 atom stereocenters. The molecule has 5 rings (SSSR count). The minimum atomic E-state index is -1.47. The van der Waals surface area contributed by atoms with Gasteiger partial charge in [0.25, 0.3) is 0 Å². The molecule has 1 aliphatic carbocycles. The van der Waals surface area contributed by atoms with Crippen molar-refractivity contribution < 1.29 is 38.3 Å². The number of carbonyl (C=O) groups excluding carboxylic acids is 2. The van der Waals surface area contributed by atoms with Gasteiger partial charge < -0.3 is 18.9 Å². The van der Waals surface area contributed by atoms with Crippen LogP contribution in [0.5, 0.6) is 0 Å². The molecule has 4 aliphatic heterocycles. The van der Waals surface area contributed by atoms with Crippen molar-refractivity contribution in [3.63, 3.8) is 0 Å². The Morgan fingerprint density at radius 3 is 2.45 bits per heavy atom. The van der Waals surface area contributed by atoms with Gasteiger partial charge in [-0.05, 0) is 64.9 Å². The molecule has 4 fully saturated rings. The van der Waals surface area contributed by atoms with Gasteiger partial charge in [-0.15, -0.1) is 0 Å². The van der Waals surface area contributed by atoms with Crippen LogP contribution in [0.15, 0.2) is 11.8 Å². The first-order chi connectivity index (χ1) is 14.7. The molecule has 0 aromatic rings. The number of fused-ring (bicyclic) bond motifs is 2. The Morgan fingerprint density at radius 1 is 1.13 bits per heavy atom. The number of rotatable bonds is 6. The highest BCUT2D eigenvalue weighted by molar-refractivity contribution is 6.00. The molecule has 31 heavy (non-hydrogen) atoms. The molecule has 0 aromatic carbocycles. The molecular weight excluding hydrogens is 404 g/mol. The lowest BCUT2D eigenvalue weighted by atomic mass is 9.58. The molecule has 1 saturated carbocycles. The molecule has 1 spiro atoms. The van der Waals surface area contributed by atoms with Gasteiger partial charge in [0.1, 0.15) is 0 Å². The summed E-state index contributed by atoms with van der Waals surface area (Å²) < 4.78 is 22.8. The van der Waals surface area contributed by atoms with E-state index in [-0.39, 0.29) is 31.5 Å². The summed E-state index contributed by atoms with van der Waals surface area (Å²) in [5.41, 5.74) is -1.45. The van der Waals surface area contributed by atoms with Crippen molar-refractivity contribution in [2.24, 2.45) is 23.2 Å². The summed E-state index contributed by atoms with van der Waals surface area (Å²) in [5.74, 6) is -1.54. The van der Waals surface area contributed by atoms with E-state index in [4.69, 9.17) is 28.7 Å². The molecule has 0 amide bonds. The lowest BCUT2D eigenvalue weighted by Gasteiger charge is -2.56. The Kier molecular flexibility index (Phi) is 5.85. The first-order valence-corrected chi connectivity index (χ1v) is 11.4. The van der Waals surface area contributed by atoms with Crippen molar-refractivity contribution >= 4 is 11.9 Å². The smallest absolute Gasteiger partial charge is 0.323 e. The highest BCUT2D eigenvalue weighted by Gasteiger charge is 2.68. The maximum atomic E-state index is 12.8. The third-order valence-corrected chi connectivity index (χ3v) is 7.52. The van der Waals surface area contributed by atoms with E-state index in [1.165, 1.54) is 0 Å². The van der Waals surface area contributed by atoms with Crippen molar-refractivity contribution in [3.8, 4) is 0 Å². The minimum absolute atomic E-state index is 0.0988. The lowest BCUT2D eigenvalue weighted by molar-refractivity contribution is -0.555. The number of carbonyl (C=O) groups is 2. The molecule has 2 bridgehead atoms. The summed E-state index contributed by atoms with van der Waals surface area (Å²) in [6, 6.07) is 0. The number of hydrogen-bond acceptors (Lipinski definition) is 8. The van der Waals surface area contributed by atoms with E-state index in [2.05, 4.69) is 6.92 Å². The van der Waals surface area contributed by atoms with Crippen LogP contribution in [0, 0.1) is 23.2 Å². The summed E-state index contributed by atoms with van der Waals surface area (Å²) in [4.78, 5) is 37.6. The van der Waals surface area contributed by atoms with Crippen molar-refractivity contribution in [3.05, 3.63) is 11.8 Å². The maximum absolute atomic E-state index is 12.8. The van der Waals surface area contributed by atoms with E-state index in [1.807, 2.05) is 6.92 Å². The zero-order valence-corrected chi connectivity index (χ0v) is 19.1. The van der Waals surface area contributed by atoms with E-state index < -0.39 is 35.0 Å². The lowest BCUT2D eigenvalue weighted by Crippen LogP contribution is -2.66. The van der Waals surface area contributed by atoms with Crippen LogP contribution in [0.1, 0.15) is 66.7 Å². The summed E-state index contributed by atoms with van der Waals surface area (Å²) >= 11 is 0. The van der Waals surface area contributed by atoms with Crippen molar-refractivity contribution in [2.75, 3.05) is 13.2 Å². The van der Waals surface area contributed by atoms with Gasteiger partial charge in [-0.25, -0.2) is 9.78 Å². The van der Waals surface area contributed by atoms with E-state index in [9.17, 15) is 9.59 Å². The molecular formula is C23H34O8. The molecule has 0 unspecified atom stereocenters. The topological polar surface area (TPSA) is 89.5 Å². The van der Waals surface area contributed by atoms with E-state index >= 15 is 0 Å². The third-order valence-electron chi connectivity index (χ3n) is 7.52. The van der Waals surface area contributed by atoms with Gasteiger partial charge in [-0.2, -0.15) is 0 Å². The monoisotopic (exact) mass is 438 g/mol. The fourth-order valence-electron chi connectivity index (χ4n) is 5.81. The first-order valence-electron chi connectivity index (χ1n) is 11.4. The van der Waals surface area contributed by atoms with Gasteiger partial charge in [0, 0.05) is 18.3 Å². The number of esters is 2. The predicted molar refractivity (Wildman–Crippen MR) is 108 cm³/mol. The van der Waals surface area contributed by atoms with E-state index in [1.54, 1.807) is 27.0 Å². The molecule has 8 heteroatoms. The second-order valence-corrected chi connectivity index (χ2v) is 9.63. The van der Waals surface area contributed by atoms with Gasteiger partial charge in [-0.3, -0.25) is 9.59 Å². The third kappa shape index (κ3) is 3.47. The van der Waals surface area contributed by atoms with Crippen LogP contribution < -0.4 is 0 Å². The fraction of sp³-hybridized carbons (Fsp3) is 0.826. The van der Waals surface area contributed by atoms with E-state index in [0.29, 0.717) is 5.92 Å². The van der Waals surface area contributed by atoms with Crippen LogP contribution in [0.4, 0.5) is 0 Å². The Balaban J connectivity index is 1.70. The Bertz CT molecular complexity index is 745. The van der Waals surface area contributed by atoms with Gasteiger partial charge >= 0.3 is 11.9 Å².